The normalized spacial score (nSPS) is 17.1. The lowest BCUT2D eigenvalue weighted by atomic mass is 10.1. The van der Waals surface area contributed by atoms with Gasteiger partial charge in [-0.3, -0.25) is 4.79 Å². The summed E-state index contributed by atoms with van der Waals surface area (Å²) >= 11 is 0. The smallest absolute Gasteiger partial charge is 0.159 e. The van der Waals surface area contributed by atoms with Crippen LogP contribution in [0.15, 0.2) is 22.7 Å². The predicted molar refractivity (Wildman–Crippen MR) is 83.6 cm³/mol. The Morgan fingerprint density at radius 2 is 2.18 bits per heavy atom. The minimum absolute atomic E-state index is 0.0544. The van der Waals surface area contributed by atoms with Gasteiger partial charge in [-0.05, 0) is 45.9 Å². The van der Waals surface area contributed by atoms with Crippen molar-refractivity contribution < 1.29 is 14.1 Å². The Hall–Kier alpha value is -2.30. The number of ether oxygens (including phenoxy) is 1. The summed E-state index contributed by atoms with van der Waals surface area (Å²) in [5.41, 5.74) is 3.64. The van der Waals surface area contributed by atoms with Gasteiger partial charge in [-0.15, -0.1) is 0 Å². The van der Waals surface area contributed by atoms with E-state index in [1.165, 1.54) is 0 Å². The summed E-state index contributed by atoms with van der Waals surface area (Å²) in [6, 6.07) is 5.59. The number of fused-ring (bicyclic) bond motifs is 1. The molecule has 0 saturated carbocycles. The van der Waals surface area contributed by atoms with Crippen LogP contribution in [-0.4, -0.2) is 23.6 Å². The van der Waals surface area contributed by atoms with Gasteiger partial charge in [0.25, 0.3) is 0 Å². The van der Waals surface area contributed by atoms with Crippen LogP contribution in [0.5, 0.6) is 5.75 Å². The molecule has 1 aliphatic heterocycles. The van der Waals surface area contributed by atoms with Gasteiger partial charge in [0, 0.05) is 17.7 Å². The first-order valence-electron chi connectivity index (χ1n) is 7.44. The molecule has 0 amide bonds. The molecular weight excluding hydrogens is 280 g/mol. The molecule has 0 aliphatic carbocycles. The van der Waals surface area contributed by atoms with Crippen LogP contribution in [0.3, 0.4) is 0 Å². The topological polar surface area (TPSA) is 55.6 Å². The fourth-order valence-electron chi connectivity index (χ4n) is 2.81. The molecule has 3 rings (SSSR count). The highest BCUT2D eigenvalue weighted by atomic mass is 16.5. The van der Waals surface area contributed by atoms with Crippen LogP contribution in [0, 0.1) is 13.8 Å². The van der Waals surface area contributed by atoms with E-state index in [9.17, 15) is 4.79 Å². The molecule has 0 saturated heterocycles. The number of Topliss-reactive ketones (excluding diaryl/α,β-unsaturated/α-hetero) is 1. The molecule has 1 aromatic heterocycles. The van der Waals surface area contributed by atoms with E-state index in [0.29, 0.717) is 12.1 Å². The lowest BCUT2D eigenvalue weighted by Crippen LogP contribution is -2.38. The molecular formula is C17H20N2O3. The summed E-state index contributed by atoms with van der Waals surface area (Å²) < 4.78 is 11.1. The van der Waals surface area contributed by atoms with Gasteiger partial charge in [-0.2, -0.15) is 0 Å². The van der Waals surface area contributed by atoms with E-state index in [4.69, 9.17) is 9.26 Å². The number of carbonyl (C=O) groups excluding carboxylic acids is 1. The van der Waals surface area contributed by atoms with Gasteiger partial charge in [0.15, 0.2) is 5.78 Å². The summed E-state index contributed by atoms with van der Waals surface area (Å²) in [6.45, 7) is 8.95. The predicted octanol–water partition coefficient (Wildman–Crippen LogP) is 3.28. The highest BCUT2D eigenvalue weighted by molar-refractivity contribution is 5.95. The average molecular weight is 300 g/mol. The van der Waals surface area contributed by atoms with Gasteiger partial charge >= 0.3 is 0 Å². The summed E-state index contributed by atoms with van der Waals surface area (Å²) in [5.74, 6) is 1.70. The minimum Gasteiger partial charge on any atom is -0.487 e. The minimum atomic E-state index is 0.0544. The maximum absolute atomic E-state index is 11.6. The number of anilines is 1. The number of hydrogen-bond donors (Lipinski definition) is 0. The zero-order chi connectivity index (χ0) is 15.9. The van der Waals surface area contributed by atoms with E-state index in [0.717, 1.165) is 35.0 Å². The second kappa shape index (κ2) is 5.48. The maximum Gasteiger partial charge on any atom is 0.159 e. The number of rotatable bonds is 3. The third kappa shape index (κ3) is 2.58. The van der Waals surface area contributed by atoms with E-state index in [-0.39, 0.29) is 11.9 Å². The molecule has 5 nitrogen and oxygen atoms in total. The van der Waals surface area contributed by atoms with Crippen molar-refractivity contribution in [3.63, 3.8) is 0 Å². The van der Waals surface area contributed by atoms with Crippen molar-refractivity contribution in [3.05, 3.63) is 40.8 Å². The van der Waals surface area contributed by atoms with Gasteiger partial charge in [0.2, 0.25) is 0 Å². The molecule has 2 aromatic rings. The first-order chi connectivity index (χ1) is 10.5. The van der Waals surface area contributed by atoms with Crippen molar-refractivity contribution in [3.8, 4) is 5.75 Å². The van der Waals surface area contributed by atoms with E-state index in [2.05, 4.69) is 10.1 Å². The second-order valence-corrected chi connectivity index (χ2v) is 5.85. The number of nitrogens with zero attached hydrogens (tertiary/aromatic N) is 2. The molecule has 1 atom stereocenters. The van der Waals surface area contributed by atoms with E-state index >= 15 is 0 Å². The van der Waals surface area contributed by atoms with Crippen LogP contribution in [0.2, 0.25) is 0 Å². The van der Waals surface area contributed by atoms with Crippen LogP contribution in [-0.2, 0) is 6.54 Å². The Bertz CT molecular complexity index is 701. The second-order valence-electron chi connectivity index (χ2n) is 5.85. The third-order valence-electron chi connectivity index (χ3n) is 4.04. The van der Waals surface area contributed by atoms with Crippen molar-refractivity contribution in [2.75, 3.05) is 11.4 Å². The van der Waals surface area contributed by atoms with E-state index in [1.807, 2.05) is 39.0 Å². The fourth-order valence-corrected chi connectivity index (χ4v) is 2.81. The summed E-state index contributed by atoms with van der Waals surface area (Å²) in [4.78, 5) is 13.9. The van der Waals surface area contributed by atoms with Crippen LogP contribution in [0.1, 0.15) is 41.2 Å². The number of carbonyl (C=O) groups is 1. The molecule has 0 radical (unpaired) electrons. The average Bonchev–Trinajstić information content (AvgIpc) is 2.78. The lowest BCUT2D eigenvalue weighted by molar-refractivity contribution is 0.101. The van der Waals surface area contributed by atoms with Gasteiger partial charge in [0.1, 0.15) is 17.6 Å². The standard InChI is InChI=1S/C17H20N2O3/c1-10-8-19(9-15-11(2)18-22-13(15)4)16-7-14(12(3)20)5-6-17(16)21-10/h5-7,10H,8-9H2,1-4H3. The van der Waals surface area contributed by atoms with Gasteiger partial charge < -0.3 is 14.2 Å². The van der Waals surface area contributed by atoms with Crippen molar-refractivity contribution in [2.24, 2.45) is 0 Å². The molecule has 0 fully saturated rings. The fraction of sp³-hybridized carbons (Fsp3) is 0.412. The van der Waals surface area contributed by atoms with Crippen molar-refractivity contribution in [1.29, 1.82) is 0 Å². The quantitative estimate of drug-likeness (QED) is 0.814. The van der Waals surface area contributed by atoms with Crippen LogP contribution >= 0.6 is 0 Å². The lowest BCUT2D eigenvalue weighted by Gasteiger charge is -2.35. The third-order valence-corrected chi connectivity index (χ3v) is 4.04. The van der Waals surface area contributed by atoms with Crippen molar-refractivity contribution in [1.82, 2.24) is 5.16 Å². The number of ketones is 1. The Morgan fingerprint density at radius 1 is 1.41 bits per heavy atom. The van der Waals surface area contributed by atoms with Gasteiger partial charge in [0.05, 0.1) is 17.9 Å². The Kier molecular flexibility index (Phi) is 3.64. The first kappa shape index (κ1) is 14.6. The van der Waals surface area contributed by atoms with Crippen LogP contribution < -0.4 is 9.64 Å². The number of aryl methyl sites for hydroxylation is 2. The van der Waals surface area contributed by atoms with E-state index in [1.54, 1.807) is 6.92 Å². The largest absolute Gasteiger partial charge is 0.487 e. The molecule has 1 aliphatic rings. The Labute approximate surface area is 129 Å². The monoisotopic (exact) mass is 300 g/mol. The number of aromatic nitrogens is 1. The molecule has 0 bridgehead atoms. The number of benzene rings is 1. The Morgan fingerprint density at radius 3 is 2.82 bits per heavy atom. The highest BCUT2D eigenvalue weighted by Gasteiger charge is 2.25. The zero-order valence-electron chi connectivity index (χ0n) is 13.3. The maximum atomic E-state index is 11.6. The SMILES string of the molecule is CC(=O)c1ccc2c(c1)N(Cc1c(C)noc1C)CC(C)O2. The molecule has 0 spiro atoms. The van der Waals surface area contributed by atoms with Gasteiger partial charge in [-0.1, -0.05) is 5.16 Å². The molecule has 116 valence electrons. The van der Waals surface area contributed by atoms with Crippen LogP contribution in [0.25, 0.3) is 0 Å². The summed E-state index contributed by atoms with van der Waals surface area (Å²) in [6.07, 6.45) is 0.0937. The highest BCUT2D eigenvalue weighted by Crippen LogP contribution is 2.36. The van der Waals surface area contributed by atoms with Gasteiger partial charge in [-0.25, -0.2) is 0 Å². The molecule has 0 N–H and O–H groups in total. The Balaban J connectivity index is 1.99. The zero-order valence-corrected chi connectivity index (χ0v) is 13.3. The molecule has 22 heavy (non-hydrogen) atoms. The number of hydrogen-bond acceptors (Lipinski definition) is 5. The first-order valence-corrected chi connectivity index (χ1v) is 7.44. The van der Waals surface area contributed by atoms with Crippen LogP contribution in [0.4, 0.5) is 5.69 Å². The molecule has 2 heterocycles. The van der Waals surface area contributed by atoms with E-state index < -0.39 is 0 Å². The van der Waals surface area contributed by atoms with Crippen molar-refractivity contribution >= 4 is 11.5 Å². The molecule has 1 unspecified atom stereocenters. The molecule has 5 heteroatoms. The van der Waals surface area contributed by atoms with Crippen molar-refractivity contribution in [2.45, 2.75) is 40.3 Å². The summed E-state index contributed by atoms with van der Waals surface area (Å²) in [7, 11) is 0. The summed E-state index contributed by atoms with van der Waals surface area (Å²) in [5, 5.41) is 4.02. The molecule has 1 aromatic carbocycles.